The molecule has 170 valence electrons. The minimum atomic E-state index is 0.182. The standard InChI is InChI=1S/C24H19N11/c25-14-11-35(12-14)19-10-27-9-18(29-19)15-1-2-17-22(30-15)23(34-33-17)24-31-16-5-8-28-20(21(16)32-24)13-3-6-26-7-4-13/h1-10,14H,11-12,25H2,(H,31,32)(H,33,34). The van der Waals surface area contributed by atoms with Crippen molar-refractivity contribution in [1.82, 2.24) is 45.1 Å². The van der Waals surface area contributed by atoms with Crippen LogP contribution in [0.4, 0.5) is 5.82 Å². The lowest BCUT2D eigenvalue weighted by molar-refractivity contribution is 0.514. The highest BCUT2D eigenvalue weighted by atomic mass is 15.3. The third-order valence-electron chi connectivity index (χ3n) is 6.10. The van der Waals surface area contributed by atoms with Gasteiger partial charge >= 0.3 is 0 Å². The Hall–Kier alpha value is -4.77. The fourth-order valence-corrected chi connectivity index (χ4v) is 4.31. The van der Waals surface area contributed by atoms with Crippen LogP contribution in [0.2, 0.25) is 0 Å². The van der Waals surface area contributed by atoms with Crippen molar-refractivity contribution in [2.75, 3.05) is 18.0 Å². The topological polar surface area (TPSA) is 151 Å². The highest BCUT2D eigenvalue weighted by molar-refractivity contribution is 5.94. The van der Waals surface area contributed by atoms with Gasteiger partial charge in [0.1, 0.15) is 22.5 Å². The van der Waals surface area contributed by atoms with E-state index in [2.05, 4.69) is 35.0 Å². The number of hydrogen-bond donors (Lipinski definition) is 3. The summed E-state index contributed by atoms with van der Waals surface area (Å²) in [5.41, 5.74) is 12.8. The van der Waals surface area contributed by atoms with Crippen molar-refractivity contribution < 1.29 is 0 Å². The molecule has 0 bridgehead atoms. The van der Waals surface area contributed by atoms with Gasteiger partial charge in [0.15, 0.2) is 11.5 Å². The number of nitrogens with two attached hydrogens (primary N) is 1. The number of imidazole rings is 1. The molecule has 7 heterocycles. The summed E-state index contributed by atoms with van der Waals surface area (Å²) in [5, 5.41) is 7.56. The van der Waals surface area contributed by atoms with Crippen molar-refractivity contribution in [3.63, 3.8) is 0 Å². The van der Waals surface area contributed by atoms with Crippen LogP contribution in [-0.2, 0) is 0 Å². The van der Waals surface area contributed by atoms with Gasteiger partial charge in [0, 0.05) is 43.3 Å². The Bertz CT molecular complexity index is 1680. The number of anilines is 1. The summed E-state index contributed by atoms with van der Waals surface area (Å²) in [6.07, 6.45) is 8.70. The molecule has 1 aliphatic heterocycles. The van der Waals surface area contributed by atoms with Gasteiger partial charge in [-0.1, -0.05) is 0 Å². The molecule has 4 N–H and O–H groups in total. The van der Waals surface area contributed by atoms with E-state index in [0.717, 1.165) is 46.7 Å². The number of nitrogens with one attached hydrogen (secondary N) is 2. The molecule has 0 spiro atoms. The molecule has 7 rings (SSSR count). The van der Waals surface area contributed by atoms with Gasteiger partial charge in [-0.2, -0.15) is 5.10 Å². The van der Waals surface area contributed by atoms with Gasteiger partial charge in [-0.05, 0) is 30.3 Å². The molecule has 0 aliphatic carbocycles. The Morgan fingerprint density at radius 1 is 0.800 bits per heavy atom. The van der Waals surface area contributed by atoms with Crippen LogP contribution in [0.5, 0.6) is 0 Å². The smallest absolute Gasteiger partial charge is 0.161 e. The summed E-state index contributed by atoms with van der Waals surface area (Å²) in [6, 6.07) is 9.75. The van der Waals surface area contributed by atoms with E-state index in [0.29, 0.717) is 28.4 Å². The lowest BCUT2D eigenvalue weighted by atomic mass is 10.1. The molecule has 11 nitrogen and oxygen atoms in total. The molecule has 0 saturated carbocycles. The normalized spacial score (nSPS) is 14.0. The molecule has 0 aromatic carbocycles. The molecule has 1 fully saturated rings. The Morgan fingerprint density at radius 3 is 2.51 bits per heavy atom. The fourth-order valence-electron chi connectivity index (χ4n) is 4.31. The van der Waals surface area contributed by atoms with Crippen LogP contribution >= 0.6 is 0 Å². The zero-order chi connectivity index (χ0) is 23.4. The quantitative estimate of drug-likeness (QED) is 0.360. The number of aromatic amines is 2. The Kier molecular flexibility index (Phi) is 4.29. The summed E-state index contributed by atoms with van der Waals surface area (Å²) in [7, 11) is 0. The SMILES string of the molecule is NC1CN(c2cncc(-c3ccc4[nH]nc(-c5nc6c(-c7ccncc7)nccc6[nH]5)c4n3)n2)C1. The molecule has 0 radical (unpaired) electrons. The van der Waals surface area contributed by atoms with Gasteiger partial charge in [-0.3, -0.25) is 20.1 Å². The molecule has 6 aromatic rings. The molecular weight excluding hydrogens is 442 g/mol. The fraction of sp³-hybridized carbons (Fsp3) is 0.125. The van der Waals surface area contributed by atoms with Crippen molar-refractivity contribution in [3.05, 3.63) is 61.3 Å². The highest BCUT2D eigenvalue weighted by Crippen LogP contribution is 2.30. The van der Waals surface area contributed by atoms with Crippen molar-refractivity contribution >= 4 is 27.9 Å². The van der Waals surface area contributed by atoms with Crippen molar-refractivity contribution in [2.24, 2.45) is 5.73 Å². The van der Waals surface area contributed by atoms with Crippen molar-refractivity contribution in [3.8, 4) is 34.2 Å². The van der Waals surface area contributed by atoms with Gasteiger partial charge in [0.05, 0.1) is 34.8 Å². The number of nitrogens with zero attached hydrogens (tertiary/aromatic N) is 8. The minimum Gasteiger partial charge on any atom is -0.352 e. The monoisotopic (exact) mass is 461 g/mol. The molecule has 1 saturated heterocycles. The van der Waals surface area contributed by atoms with Crippen LogP contribution in [-0.4, -0.2) is 64.2 Å². The minimum absolute atomic E-state index is 0.182. The molecule has 35 heavy (non-hydrogen) atoms. The first-order valence-electron chi connectivity index (χ1n) is 11.2. The molecule has 1 aliphatic rings. The van der Waals surface area contributed by atoms with Gasteiger partial charge < -0.3 is 15.6 Å². The van der Waals surface area contributed by atoms with E-state index in [1.807, 2.05) is 30.3 Å². The Labute approximate surface area is 198 Å². The lowest BCUT2D eigenvalue weighted by Crippen LogP contribution is -2.56. The predicted octanol–water partition coefficient (Wildman–Crippen LogP) is 2.56. The zero-order valence-corrected chi connectivity index (χ0v) is 18.4. The van der Waals surface area contributed by atoms with Crippen molar-refractivity contribution in [2.45, 2.75) is 6.04 Å². The van der Waals surface area contributed by atoms with Gasteiger partial charge in [0.25, 0.3) is 0 Å². The number of fused-ring (bicyclic) bond motifs is 2. The maximum atomic E-state index is 5.92. The first kappa shape index (κ1) is 19.7. The molecule has 0 amide bonds. The lowest BCUT2D eigenvalue weighted by Gasteiger charge is -2.37. The molecule has 11 heteroatoms. The molecule has 0 unspecified atom stereocenters. The van der Waals surface area contributed by atoms with Crippen LogP contribution in [0.25, 0.3) is 56.2 Å². The summed E-state index contributed by atoms with van der Waals surface area (Å²) >= 11 is 0. The summed E-state index contributed by atoms with van der Waals surface area (Å²) in [5.74, 6) is 1.40. The number of rotatable bonds is 4. The number of aromatic nitrogens is 9. The third-order valence-corrected chi connectivity index (χ3v) is 6.10. The van der Waals surface area contributed by atoms with E-state index in [9.17, 15) is 0 Å². The van der Waals surface area contributed by atoms with Crippen LogP contribution in [0.3, 0.4) is 0 Å². The van der Waals surface area contributed by atoms with Crippen LogP contribution in [0.15, 0.2) is 61.3 Å². The summed E-state index contributed by atoms with van der Waals surface area (Å²) in [4.78, 5) is 32.9. The van der Waals surface area contributed by atoms with Crippen LogP contribution in [0, 0.1) is 0 Å². The van der Waals surface area contributed by atoms with E-state index < -0.39 is 0 Å². The van der Waals surface area contributed by atoms with E-state index in [-0.39, 0.29) is 6.04 Å². The van der Waals surface area contributed by atoms with E-state index in [1.54, 1.807) is 31.0 Å². The maximum Gasteiger partial charge on any atom is 0.161 e. The number of pyridine rings is 3. The van der Waals surface area contributed by atoms with E-state index in [1.165, 1.54) is 0 Å². The average Bonchev–Trinajstić information content (AvgIpc) is 3.51. The predicted molar refractivity (Wildman–Crippen MR) is 131 cm³/mol. The van der Waals surface area contributed by atoms with Gasteiger partial charge in [0.2, 0.25) is 0 Å². The number of H-pyrrole nitrogens is 2. The van der Waals surface area contributed by atoms with Gasteiger partial charge in [-0.25, -0.2) is 15.0 Å². The summed E-state index contributed by atoms with van der Waals surface area (Å²) in [6.45, 7) is 1.55. The highest BCUT2D eigenvalue weighted by Gasteiger charge is 2.25. The maximum absolute atomic E-state index is 5.92. The van der Waals surface area contributed by atoms with Crippen molar-refractivity contribution in [1.29, 1.82) is 0 Å². The average molecular weight is 461 g/mol. The number of hydrogen-bond acceptors (Lipinski definition) is 9. The second-order valence-electron chi connectivity index (χ2n) is 8.47. The van der Waals surface area contributed by atoms with Crippen LogP contribution < -0.4 is 10.6 Å². The first-order valence-corrected chi connectivity index (χ1v) is 11.2. The Morgan fingerprint density at radius 2 is 1.66 bits per heavy atom. The largest absolute Gasteiger partial charge is 0.352 e. The summed E-state index contributed by atoms with van der Waals surface area (Å²) < 4.78 is 0. The zero-order valence-electron chi connectivity index (χ0n) is 18.4. The second-order valence-corrected chi connectivity index (χ2v) is 8.47. The first-order chi connectivity index (χ1) is 17.2. The molecule has 6 aromatic heterocycles. The van der Waals surface area contributed by atoms with E-state index >= 15 is 0 Å². The molecular formula is C24H19N11. The van der Waals surface area contributed by atoms with Gasteiger partial charge in [-0.15, -0.1) is 0 Å². The third kappa shape index (κ3) is 3.28. The van der Waals surface area contributed by atoms with Crippen LogP contribution in [0.1, 0.15) is 0 Å². The Balaban J connectivity index is 1.31. The van der Waals surface area contributed by atoms with E-state index in [4.69, 9.17) is 20.7 Å². The second kappa shape index (κ2) is 7.64. The molecule has 0 atom stereocenters.